The third-order valence-electron chi connectivity index (χ3n) is 1.75. The first-order valence-corrected chi connectivity index (χ1v) is 6.19. The Labute approximate surface area is 92.2 Å². The fourth-order valence-electron chi connectivity index (χ4n) is 1.06. The van der Waals surface area contributed by atoms with Gasteiger partial charge in [-0.05, 0) is 6.07 Å². The second-order valence-electron chi connectivity index (χ2n) is 3.08. The zero-order valence-corrected chi connectivity index (χ0v) is 9.22. The van der Waals surface area contributed by atoms with Gasteiger partial charge in [-0.1, -0.05) is 0 Å². The van der Waals surface area contributed by atoms with Crippen molar-refractivity contribution in [2.45, 2.75) is 0 Å². The zero-order valence-electron chi connectivity index (χ0n) is 8.40. The lowest BCUT2D eigenvalue weighted by atomic mass is 10.5. The van der Waals surface area contributed by atoms with E-state index < -0.39 is 10.0 Å². The third kappa shape index (κ3) is 2.34. The van der Waals surface area contributed by atoms with E-state index in [1.54, 1.807) is 12.3 Å². The summed E-state index contributed by atoms with van der Waals surface area (Å²) in [6.45, 7) is 0. The molecule has 8 heteroatoms. The van der Waals surface area contributed by atoms with Gasteiger partial charge in [0.2, 0.25) is 0 Å². The van der Waals surface area contributed by atoms with Crippen molar-refractivity contribution >= 4 is 21.5 Å². The molecule has 0 saturated heterocycles. The highest BCUT2D eigenvalue weighted by atomic mass is 32.2. The molecule has 7 nitrogen and oxygen atoms in total. The molecule has 0 aromatic carbocycles. The monoisotopic (exact) mass is 239 g/mol. The standard InChI is InChI=1S/C8H9N5O2S/c1-16(14,15)13-5-7(4-11-13)12-8-2-3-9-6-10-8/h2-6H,1H3,(H,9,10,12). The normalized spacial score (nSPS) is 11.3. The molecule has 0 spiro atoms. The molecule has 1 N–H and O–H groups in total. The van der Waals surface area contributed by atoms with E-state index in [4.69, 9.17) is 0 Å². The molecule has 2 aromatic rings. The zero-order chi connectivity index (χ0) is 11.6. The fourth-order valence-corrected chi connectivity index (χ4v) is 1.59. The van der Waals surface area contributed by atoms with Crippen LogP contribution in [0, 0.1) is 0 Å². The Hall–Kier alpha value is -1.96. The Kier molecular flexibility index (Phi) is 2.57. The highest BCUT2D eigenvalue weighted by Crippen LogP contribution is 2.12. The van der Waals surface area contributed by atoms with Gasteiger partial charge in [0, 0.05) is 6.20 Å². The largest absolute Gasteiger partial charge is 0.338 e. The summed E-state index contributed by atoms with van der Waals surface area (Å²) >= 11 is 0. The predicted molar refractivity (Wildman–Crippen MR) is 57.8 cm³/mol. The van der Waals surface area contributed by atoms with Crippen molar-refractivity contribution in [2.75, 3.05) is 11.6 Å². The molecule has 0 aliphatic heterocycles. The van der Waals surface area contributed by atoms with Gasteiger partial charge in [-0.3, -0.25) is 0 Å². The SMILES string of the molecule is CS(=O)(=O)n1cc(Nc2ccncn2)cn1. The molecule has 0 atom stereocenters. The van der Waals surface area contributed by atoms with E-state index in [0.29, 0.717) is 11.5 Å². The van der Waals surface area contributed by atoms with Gasteiger partial charge in [0.1, 0.15) is 12.1 Å². The van der Waals surface area contributed by atoms with Gasteiger partial charge in [0.05, 0.1) is 24.3 Å². The van der Waals surface area contributed by atoms with Crippen molar-refractivity contribution in [2.24, 2.45) is 0 Å². The molecule has 0 unspecified atom stereocenters. The lowest BCUT2D eigenvalue weighted by molar-refractivity contribution is 0.586. The second kappa shape index (κ2) is 3.89. The van der Waals surface area contributed by atoms with Crippen molar-refractivity contribution in [1.29, 1.82) is 0 Å². The maximum atomic E-state index is 11.1. The van der Waals surface area contributed by atoms with Gasteiger partial charge in [-0.25, -0.2) is 18.4 Å². The average Bonchev–Trinajstić information content (AvgIpc) is 2.67. The van der Waals surface area contributed by atoms with Gasteiger partial charge in [-0.2, -0.15) is 9.19 Å². The molecule has 2 heterocycles. The molecule has 2 aromatic heterocycles. The highest BCUT2D eigenvalue weighted by molar-refractivity contribution is 7.89. The molecule has 0 amide bonds. The Balaban J connectivity index is 2.22. The molecule has 16 heavy (non-hydrogen) atoms. The van der Waals surface area contributed by atoms with Crippen LogP contribution in [0.1, 0.15) is 0 Å². The minimum atomic E-state index is -3.34. The lowest BCUT2D eigenvalue weighted by Gasteiger charge is -1.99. The van der Waals surface area contributed by atoms with E-state index in [2.05, 4.69) is 20.4 Å². The first-order chi connectivity index (χ1) is 7.55. The molecule has 2 rings (SSSR count). The Morgan fingerprint density at radius 1 is 1.44 bits per heavy atom. The quantitative estimate of drug-likeness (QED) is 0.824. The summed E-state index contributed by atoms with van der Waals surface area (Å²) in [6.07, 6.45) is 6.83. The summed E-state index contributed by atoms with van der Waals surface area (Å²) in [5.74, 6) is 0.572. The Morgan fingerprint density at radius 3 is 2.81 bits per heavy atom. The number of nitrogens with zero attached hydrogens (tertiary/aromatic N) is 4. The number of nitrogens with one attached hydrogen (secondary N) is 1. The number of anilines is 2. The summed E-state index contributed by atoms with van der Waals surface area (Å²) < 4.78 is 23.2. The van der Waals surface area contributed by atoms with Gasteiger partial charge in [0.25, 0.3) is 10.0 Å². The first-order valence-electron chi connectivity index (χ1n) is 4.34. The van der Waals surface area contributed by atoms with Gasteiger partial charge in [-0.15, -0.1) is 0 Å². The van der Waals surface area contributed by atoms with E-state index in [1.165, 1.54) is 18.7 Å². The van der Waals surface area contributed by atoms with Crippen molar-refractivity contribution in [3.8, 4) is 0 Å². The molecule has 0 bridgehead atoms. The van der Waals surface area contributed by atoms with Crippen molar-refractivity contribution < 1.29 is 8.42 Å². The molecular weight excluding hydrogens is 230 g/mol. The van der Waals surface area contributed by atoms with E-state index >= 15 is 0 Å². The maximum Gasteiger partial charge on any atom is 0.250 e. The molecule has 0 radical (unpaired) electrons. The summed E-state index contributed by atoms with van der Waals surface area (Å²) in [5.41, 5.74) is 0.545. The Morgan fingerprint density at radius 2 is 2.25 bits per heavy atom. The second-order valence-corrected chi connectivity index (χ2v) is 4.92. The minimum Gasteiger partial charge on any atom is -0.338 e. The van der Waals surface area contributed by atoms with Gasteiger partial charge >= 0.3 is 0 Å². The van der Waals surface area contributed by atoms with Crippen LogP contribution in [-0.2, 0) is 10.0 Å². The first kappa shape index (κ1) is 10.6. The number of rotatable bonds is 3. The molecular formula is C8H9N5O2S. The van der Waals surface area contributed by atoms with Crippen LogP contribution >= 0.6 is 0 Å². The summed E-state index contributed by atoms with van der Waals surface area (Å²) in [7, 11) is -3.34. The van der Waals surface area contributed by atoms with Gasteiger partial charge < -0.3 is 5.32 Å². The van der Waals surface area contributed by atoms with E-state index in [1.807, 2.05) is 0 Å². The van der Waals surface area contributed by atoms with Crippen molar-refractivity contribution in [3.05, 3.63) is 31.0 Å². The number of hydrogen-bond acceptors (Lipinski definition) is 6. The van der Waals surface area contributed by atoms with E-state index in [0.717, 1.165) is 10.3 Å². The Bertz CT molecular complexity index is 577. The molecule has 0 aliphatic carbocycles. The summed E-state index contributed by atoms with van der Waals surface area (Å²) in [6, 6.07) is 1.66. The molecule has 84 valence electrons. The van der Waals surface area contributed by atoms with Crippen molar-refractivity contribution in [1.82, 2.24) is 19.2 Å². The minimum absolute atomic E-state index is 0.545. The summed E-state index contributed by atoms with van der Waals surface area (Å²) in [4.78, 5) is 7.70. The predicted octanol–water partition coefficient (Wildman–Crippen LogP) is 0.224. The van der Waals surface area contributed by atoms with Crippen molar-refractivity contribution in [3.63, 3.8) is 0 Å². The summed E-state index contributed by atoms with van der Waals surface area (Å²) in [5, 5.41) is 6.60. The molecule has 0 aliphatic rings. The topological polar surface area (TPSA) is 89.8 Å². The highest BCUT2D eigenvalue weighted by Gasteiger charge is 2.07. The molecule has 0 saturated carbocycles. The van der Waals surface area contributed by atoms with Crippen LogP contribution < -0.4 is 5.32 Å². The third-order valence-corrected chi connectivity index (χ3v) is 2.63. The van der Waals surface area contributed by atoms with Crippen LogP contribution in [-0.4, -0.2) is 33.8 Å². The molecule has 0 fully saturated rings. The number of aromatic nitrogens is 4. The van der Waals surface area contributed by atoms with E-state index in [9.17, 15) is 8.42 Å². The van der Waals surface area contributed by atoms with Crippen LogP contribution in [0.5, 0.6) is 0 Å². The average molecular weight is 239 g/mol. The van der Waals surface area contributed by atoms with Gasteiger partial charge in [0.15, 0.2) is 0 Å². The van der Waals surface area contributed by atoms with Crippen LogP contribution in [0.3, 0.4) is 0 Å². The lowest BCUT2D eigenvalue weighted by Crippen LogP contribution is -2.09. The number of hydrogen-bond donors (Lipinski definition) is 1. The smallest absolute Gasteiger partial charge is 0.250 e. The maximum absolute atomic E-state index is 11.1. The van der Waals surface area contributed by atoms with Crippen LogP contribution in [0.4, 0.5) is 11.5 Å². The van der Waals surface area contributed by atoms with Crippen LogP contribution in [0.25, 0.3) is 0 Å². The van der Waals surface area contributed by atoms with E-state index in [-0.39, 0.29) is 0 Å². The van der Waals surface area contributed by atoms with Crippen LogP contribution in [0.2, 0.25) is 0 Å². The van der Waals surface area contributed by atoms with Crippen LogP contribution in [0.15, 0.2) is 31.0 Å². The fraction of sp³-hybridized carbons (Fsp3) is 0.125.